The number of amides is 1. The molecule has 1 aromatic carbocycles. The number of anilines is 1. The molecule has 0 aliphatic carbocycles. The van der Waals surface area contributed by atoms with Crippen molar-refractivity contribution in [3.05, 3.63) is 53.7 Å². The lowest BCUT2D eigenvalue weighted by Gasteiger charge is -2.03. The van der Waals surface area contributed by atoms with E-state index in [0.717, 1.165) is 10.9 Å². The lowest BCUT2D eigenvalue weighted by atomic mass is 10.1. The monoisotopic (exact) mass is 296 g/mol. The van der Waals surface area contributed by atoms with Gasteiger partial charge in [-0.3, -0.25) is 14.9 Å². The highest BCUT2D eigenvalue weighted by Gasteiger charge is 2.10. The Morgan fingerprint density at radius 3 is 2.95 bits per heavy atom. The number of carbonyl (C=O) groups excluding carboxylic acids is 1. The van der Waals surface area contributed by atoms with Crippen LogP contribution < -0.4 is 5.32 Å². The minimum absolute atomic E-state index is 0.137. The van der Waals surface area contributed by atoms with Crippen LogP contribution in [0, 0.1) is 5.82 Å². The molecule has 0 spiro atoms. The third-order valence-corrected chi connectivity index (χ3v) is 3.11. The Kier molecular flexibility index (Phi) is 3.65. The Labute approximate surface area is 125 Å². The van der Waals surface area contributed by atoms with Crippen molar-refractivity contribution in [2.24, 2.45) is 0 Å². The first-order valence-electron chi connectivity index (χ1n) is 6.67. The number of H-pyrrole nitrogens is 1. The van der Waals surface area contributed by atoms with Crippen molar-refractivity contribution in [1.82, 2.24) is 15.2 Å². The molecule has 0 unspecified atom stereocenters. The van der Waals surface area contributed by atoms with Gasteiger partial charge in [-0.05, 0) is 23.8 Å². The predicted octanol–water partition coefficient (Wildman–Crippen LogP) is 3.23. The molecule has 1 amide bonds. The third kappa shape index (κ3) is 2.85. The molecule has 0 bridgehead atoms. The second-order valence-electron chi connectivity index (χ2n) is 4.79. The van der Waals surface area contributed by atoms with Gasteiger partial charge in [-0.25, -0.2) is 4.39 Å². The van der Waals surface area contributed by atoms with Gasteiger partial charge in [0, 0.05) is 30.8 Å². The highest BCUT2D eigenvalue weighted by Crippen LogP contribution is 2.25. The number of fused-ring (bicyclic) bond motifs is 1. The average Bonchev–Trinajstić information content (AvgIpc) is 2.88. The topological polar surface area (TPSA) is 70.7 Å². The van der Waals surface area contributed by atoms with E-state index in [4.69, 9.17) is 0 Å². The van der Waals surface area contributed by atoms with Crippen LogP contribution in [-0.2, 0) is 4.79 Å². The number of nitrogens with one attached hydrogen (secondary N) is 2. The predicted molar refractivity (Wildman–Crippen MR) is 83.5 cm³/mol. The van der Waals surface area contributed by atoms with Gasteiger partial charge in [-0.2, -0.15) is 5.10 Å². The third-order valence-electron chi connectivity index (χ3n) is 3.11. The summed E-state index contributed by atoms with van der Waals surface area (Å²) in [6.45, 7) is 1.34. The number of benzene rings is 1. The van der Waals surface area contributed by atoms with Gasteiger partial charge in [-0.15, -0.1) is 0 Å². The Balaban J connectivity index is 2.00. The Morgan fingerprint density at radius 1 is 1.36 bits per heavy atom. The average molecular weight is 296 g/mol. The van der Waals surface area contributed by atoms with Crippen LogP contribution in [0.5, 0.6) is 0 Å². The molecule has 0 saturated heterocycles. The van der Waals surface area contributed by atoms with Crippen molar-refractivity contribution in [3.63, 3.8) is 0 Å². The zero-order chi connectivity index (χ0) is 15.5. The quantitative estimate of drug-likeness (QED) is 0.779. The molecule has 2 N–H and O–H groups in total. The van der Waals surface area contributed by atoms with Crippen LogP contribution in [0.4, 0.5) is 10.1 Å². The molecule has 3 rings (SSSR count). The van der Waals surface area contributed by atoms with E-state index in [2.05, 4.69) is 20.5 Å². The summed E-state index contributed by atoms with van der Waals surface area (Å²) in [6.07, 6.45) is 7.10. The van der Waals surface area contributed by atoms with Gasteiger partial charge >= 0.3 is 0 Å². The summed E-state index contributed by atoms with van der Waals surface area (Å²) in [5.74, 6) is -0.830. The molecule has 22 heavy (non-hydrogen) atoms. The van der Waals surface area contributed by atoms with Crippen molar-refractivity contribution in [2.45, 2.75) is 6.92 Å². The van der Waals surface area contributed by atoms with Crippen LogP contribution in [0.2, 0.25) is 0 Å². The van der Waals surface area contributed by atoms with Crippen molar-refractivity contribution in [2.75, 3.05) is 5.32 Å². The molecule has 0 radical (unpaired) electrons. The van der Waals surface area contributed by atoms with Crippen molar-refractivity contribution >= 4 is 34.6 Å². The van der Waals surface area contributed by atoms with E-state index >= 15 is 0 Å². The molecule has 0 atom stereocenters. The molecule has 0 saturated carbocycles. The van der Waals surface area contributed by atoms with Gasteiger partial charge in [-0.1, -0.05) is 12.1 Å². The zero-order valence-corrected chi connectivity index (χ0v) is 11.8. The van der Waals surface area contributed by atoms with E-state index in [1.54, 1.807) is 18.5 Å². The lowest BCUT2D eigenvalue weighted by molar-refractivity contribution is -0.114. The summed E-state index contributed by atoms with van der Waals surface area (Å²) in [7, 11) is 0. The minimum Gasteiger partial charge on any atom is -0.324 e. The van der Waals surface area contributed by atoms with E-state index in [1.807, 2.05) is 24.3 Å². The SMILES string of the molecule is CC(=O)Nc1cc2c(/C=C/c3cccnc3)n[nH]c2cc1F. The fourth-order valence-corrected chi connectivity index (χ4v) is 2.12. The maximum absolute atomic E-state index is 13.9. The zero-order valence-electron chi connectivity index (χ0n) is 11.8. The van der Waals surface area contributed by atoms with E-state index < -0.39 is 5.82 Å². The summed E-state index contributed by atoms with van der Waals surface area (Å²) in [6, 6.07) is 6.64. The van der Waals surface area contributed by atoms with Crippen LogP contribution in [0.25, 0.3) is 23.1 Å². The number of aromatic amines is 1. The molecule has 5 nitrogen and oxygen atoms in total. The molecular weight excluding hydrogens is 283 g/mol. The first-order valence-corrected chi connectivity index (χ1v) is 6.67. The molecule has 2 aromatic heterocycles. The molecule has 6 heteroatoms. The Hall–Kier alpha value is -3.02. The van der Waals surface area contributed by atoms with Crippen LogP contribution in [0.15, 0.2) is 36.7 Å². The molecule has 3 aromatic rings. The standard InChI is InChI=1S/C16H13FN4O/c1-10(22)19-16-7-12-14(20-21-15(12)8-13(16)17)5-4-11-3-2-6-18-9-11/h2-9H,1H3,(H,19,22)(H,20,21)/b5-4+. The molecule has 2 heterocycles. The highest BCUT2D eigenvalue weighted by atomic mass is 19.1. The second kappa shape index (κ2) is 5.77. The fraction of sp³-hybridized carbons (Fsp3) is 0.0625. The summed E-state index contributed by atoms with van der Waals surface area (Å²) in [5, 5.41) is 10.1. The lowest BCUT2D eigenvalue weighted by Crippen LogP contribution is -2.07. The van der Waals surface area contributed by atoms with E-state index in [1.165, 1.54) is 13.0 Å². The Bertz CT molecular complexity index is 855. The van der Waals surface area contributed by atoms with Crippen molar-refractivity contribution in [1.29, 1.82) is 0 Å². The number of nitrogens with zero attached hydrogens (tertiary/aromatic N) is 2. The molecule has 0 fully saturated rings. The molecule has 0 aliphatic rings. The molecular formula is C16H13FN4O. The summed E-state index contributed by atoms with van der Waals surface area (Å²) in [5.41, 5.74) is 2.29. The molecule has 0 aliphatic heterocycles. The van der Waals surface area contributed by atoms with Crippen LogP contribution in [0.1, 0.15) is 18.2 Å². The largest absolute Gasteiger partial charge is 0.324 e. The number of pyridine rings is 1. The summed E-state index contributed by atoms with van der Waals surface area (Å²) in [4.78, 5) is 15.1. The smallest absolute Gasteiger partial charge is 0.221 e. The van der Waals surface area contributed by atoms with Gasteiger partial charge in [0.2, 0.25) is 5.91 Å². The van der Waals surface area contributed by atoms with Crippen LogP contribution in [0.3, 0.4) is 0 Å². The minimum atomic E-state index is -0.505. The summed E-state index contributed by atoms with van der Waals surface area (Å²) < 4.78 is 13.9. The maximum Gasteiger partial charge on any atom is 0.221 e. The van der Waals surface area contributed by atoms with E-state index in [-0.39, 0.29) is 11.6 Å². The van der Waals surface area contributed by atoms with Gasteiger partial charge in [0.25, 0.3) is 0 Å². The summed E-state index contributed by atoms with van der Waals surface area (Å²) >= 11 is 0. The number of rotatable bonds is 3. The number of aromatic nitrogens is 3. The van der Waals surface area contributed by atoms with Gasteiger partial charge in [0.1, 0.15) is 5.82 Å². The van der Waals surface area contributed by atoms with Crippen LogP contribution in [-0.4, -0.2) is 21.1 Å². The van der Waals surface area contributed by atoms with Gasteiger partial charge < -0.3 is 5.32 Å². The highest BCUT2D eigenvalue weighted by molar-refractivity contribution is 5.95. The van der Waals surface area contributed by atoms with Gasteiger partial charge in [0.15, 0.2) is 0 Å². The van der Waals surface area contributed by atoms with Crippen molar-refractivity contribution < 1.29 is 9.18 Å². The van der Waals surface area contributed by atoms with E-state index in [0.29, 0.717) is 11.2 Å². The maximum atomic E-state index is 13.9. The number of carbonyl (C=O) groups is 1. The fourth-order valence-electron chi connectivity index (χ4n) is 2.12. The second-order valence-corrected chi connectivity index (χ2v) is 4.79. The Morgan fingerprint density at radius 2 is 2.23 bits per heavy atom. The van der Waals surface area contributed by atoms with Crippen molar-refractivity contribution in [3.8, 4) is 0 Å². The molecule has 110 valence electrons. The number of hydrogen-bond donors (Lipinski definition) is 2. The number of halogens is 1. The first-order chi connectivity index (χ1) is 10.6. The van der Waals surface area contributed by atoms with E-state index in [9.17, 15) is 9.18 Å². The number of hydrogen-bond acceptors (Lipinski definition) is 3. The van der Waals surface area contributed by atoms with Crippen LogP contribution >= 0.6 is 0 Å². The first kappa shape index (κ1) is 13.9. The normalized spacial score (nSPS) is 11.2. The van der Waals surface area contributed by atoms with Gasteiger partial charge in [0.05, 0.1) is 16.9 Å².